The Bertz CT molecular complexity index is 798. The zero-order valence-electron chi connectivity index (χ0n) is 13.6. The molecule has 1 aliphatic heterocycles. The Hall–Kier alpha value is -2.54. The average Bonchev–Trinajstić information content (AvgIpc) is 3.31. The molecule has 4 rings (SSSR count). The lowest BCUT2D eigenvalue weighted by atomic mass is 10.1. The lowest BCUT2D eigenvalue weighted by Crippen LogP contribution is -2.24. The summed E-state index contributed by atoms with van der Waals surface area (Å²) in [5.74, 6) is 2.69. The number of benzene rings is 1. The number of hydrogen-bond acceptors (Lipinski definition) is 7. The maximum atomic E-state index is 5.39. The van der Waals surface area contributed by atoms with Crippen molar-refractivity contribution >= 4 is 0 Å². The van der Waals surface area contributed by atoms with E-state index in [1.807, 2.05) is 25.1 Å². The van der Waals surface area contributed by atoms with E-state index in [2.05, 4.69) is 37.3 Å². The van der Waals surface area contributed by atoms with Crippen LogP contribution in [0.25, 0.3) is 0 Å². The first-order chi connectivity index (χ1) is 11.8. The average molecular weight is 325 g/mol. The molecule has 7 heteroatoms. The van der Waals surface area contributed by atoms with Crippen LogP contribution in [0.2, 0.25) is 0 Å². The van der Waals surface area contributed by atoms with Gasteiger partial charge in [-0.2, -0.15) is 9.97 Å². The fourth-order valence-corrected chi connectivity index (χ4v) is 3.14. The molecule has 0 saturated carbocycles. The first kappa shape index (κ1) is 15.0. The van der Waals surface area contributed by atoms with Gasteiger partial charge >= 0.3 is 0 Å². The van der Waals surface area contributed by atoms with Gasteiger partial charge in [0.1, 0.15) is 0 Å². The molecule has 0 aliphatic carbocycles. The Morgan fingerprint density at radius 1 is 1.12 bits per heavy atom. The highest BCUT2D eigenvalue weighted by atomic mass is 16.5. The van der Waals surface area contributed by atoms with Crippen LogP contribution < -0.4 is 0 Å². The van der Waals surface area contributed by atoms with Gasteiger partial charge in [0.25, 0.3) is 0 Å². The summed E-state index contributed by atoms with van der Waals surface area (Å²) in [6.07, 6.45) is 2.78. The van der Waals surface area contributed by atoms with E-state index in [0.29, 0.717) is 30.6 Å². The van der Waals surface area contributed by atoms with E-state index in [-0.39, 0.29) is 6.04 Å². The molecule has 1 fully saturated rings. The Balaban J connectivity index is 1.43. The fourth-order valence-electron chi connectivity index (χ4n) is 3.14. The van der Waals surface area contributed by atoms with Crippen LogP contribution in [0.1, 0.15) is 47.9 Å². The van der Waals surface area contributed by atoms with Crippen LogP contribution in [0.4, 0.5) is 0 Å². The van der Waals surface area contributed by atoms with Gasteiger partial charge in [0.05, 0.1) is 19.0 Å². The SMILES string of the molecule is Cc1nc([C@H]2CCCN2Cc2noc(Cc3ccccc3)n2)no1. The third kappa shape index (κ3) is 3.21. The number of rotatable bonds is 5. The van der Waals surface area contributed by atoms with Gasteiger partial charge in [0.2, 0.25) is 11.8 Å². The molecule has 1 atom stereocenters. The Labute approximate surface area is 139 Å². The zero-order chi connectivity index (χ0) is 16.4. The van der Waals surface area contributed by atoms with Crippen molar-refractivity contribution in [2.45, 2.75) is 38.8 Å². The van der Waals surface area contributed by atoms with Crippen molar-refractivity contribution in [3.63, 3.8) is 0 Å². The molecular formula is C17H19N5O2. The van der Waals surface area contributed by atoms with Gasteiger partial charge in [-0.3, -0.25) is 4.90 Å². The first-order valence-electron chi connectivity index (χ1n) is 8.17. The molecular weight excluding hydrogens is 306 g/mol. The highest BCUT2D eigenvalue weighted by molar-refractivity contribution is 5.18. The molecule has 3 aromatic rings. The van der Waals surface area contributed by atoms with Crippen molar-refractivity contribution in [3.05, 3.63) is 59.3 Å². The third-order valence-electron chi connectivity index (χ3n) is 4.26. The van der Waals surface area contributed by atoms with Gasteiger partial charge in [-0.05, 0) is 24.9 Å². The Morgan fingerprint density at radius 3 is 2.79 bits per heavy atom. The van der Waals surface area contributed by atoms with Gasteiger partial charge in [-0.25, -0.2) is 0 Å². The molecule has 0 radical (unpaired) electrons. The van der Waals surface area contributed by atoms with Crippen molar-refractivity contribution in [1.29, 1.82) is 0 Å². The van der Waals surface area contributed by atoms with Crippen LogP contribution >= 0.6 is 0 Å². The van der Waals surface area contributed by atoms with Crippen LogP contribution in [0.3, 0.4) is 0 Å². The van der Waals surface area contributed by atoms with E-state index in [1.54, 1.807) is 0 Å². The highest BCUT2D eigenvalue weighted by Crippen LogP contribution is 2.31. The van der Waals surface area contributed by atoms with Gasteiger partial charge in [-0.15, -0.1) is 0 Å². The van der Waals surface area contributed by atoms with Crippen molar-refractivity contribution < 1.29 is 9.05 Å². The molecule has 24 heavy (non-hydrogen) atoms. The maximum Gasteiger partial charge on any atom is 0.231 e. The minimum atomic E-state index is 0.165. The van der Waals surface area contributed by atoms with Crippen LogP contribution in [0.15, 0.2) is 39.4 Å². The summed E-state index contributed by atoms with van der Waals surface area (Å²) in [6, 6.07) is 10.3. The molecule has 0 unspecified atom stereocenters. The monoisotopic (exact) mass is 325 g/mol. The molecule has 124 valence electrons. The maximum absolute atomic E-state index is 5.39. The number of likely N-dealkylation sites (tertiary alicyclic amines) is 1. The fraction of sp³-hybridized carbons (Fsp3) is 0.412. The van der Waals surface area contributed by atoms with Gasteiger partial charge in [0.15, 0.2) is 11.6 Å². The lowest BCUT2D eigenvalue weighted by Gasteiger charge is -2.19. The quantitative estimate of drug-likeness (QED) is 0.713. The number of nitrogens with zero attached hydrogens (tertiary/aromatic N) is 5. The largest absolute Gasteiger partial charge is 0.340 e. The standard InChI is InChI=1S/C17H19N5O2/c1-12-18-17(21-23-12)14-8-5-9-22(14)11-15-19-16(24-20-15)10-13-6-3-2-4-7-13/h2-4,6-7,14H,5,8-11H2,1H3/t14-/m1/s1. The molecule has 3 heterocycles. The second kappa shape index (κ2) is 6.52. The van der Waals surface area contributed by atoms with E-state index in [0.717, 1.165) is 30.8 Å². The van der Waals surface area contributed by atoms with Gasteiger partial charge < -0.3 is 9.05 Å². The van der Waals surface area contributed by atoms with Crippen LogP contribution in [-0.2, 0) is 13.0 Å². The molecule has 0 spiro atoms. The van der Waals surface area contributed by atoms with E-state index in [4.69, 9.17) is 9.05 Å². The number of aromatic nitrogens is 4. The molecule has 0 N–H and O–H groups in total. The van der Waals surface area contributed by atoms with Crippen molar-refractivity contribution in [3.8, 4) is 0 Å². The highest BCUT2D eigenvalue weighted by Gasteiger charge is 2.30. The molecule has 1 aliphatic rings. The van der Waals surface area contributed by atoms with E-state index < -0.39 is 0 Å². The molecule has 0 bridgehead atoms. The summed E-state index contributed by atoms with van der Waals surface area (Å²) in [5.41, 5.74) is 1.16. The number of aryl methyl sites for hydroxylation is 1. The predicted molar refractivity (Wildman–Crippen MR) is 85.0 cm³/mol. The minimum Gasteiger partial charge on any atom is -0.340 e. The van der Waals surface area contributed by atoms with Gasteiger partial charge in [0, 0.05) is 6.92 Å². The zero-order valence-corrected chi connectivity index (χ0v) is 13.6. The topological polar surface area (TPSA) is 81.1 Å². The summed E-state index contributed by atoms with van der Waals surface area (Å²) < 4.78 is 10.5. The Kier molecular flexibility index (Phi) is 4.08. The second-order valence-electron chi connectivity index (χ2n) is 6.07. The first-order valence-corrected chi connectivity index (χ1v) is 8.17. The van der Waals surface area contributed by atoms with Crippen molar-refractivity contribution in [2.75, 3.05) is 6.54 Å². The predicted octanol–water partition coefficient (Wildman–Crippen LogP) is 2.69. The van der Waals surface area contributed by atoms with E-state index >= 15 is 0 Å². The third-order valence-corrected chi connectivity index (χ3v) is 4.26. The van der Waals surface area contributed by atoms with Crippen LogP contribution in [0.5, 0.6) is 0 Å². The normalized spacial score (nSPS) is 18.3. The van der Waals surface area contributed by atoms with Gasteiger partial charge in [-0.1, -0.05) is 40.6 Å². The summed E-state index contributed by atoms with van der Waals surface area (Å²) in [4.78, 5) is 11.2. The van der Waals surface area contributed by atoms with E-state index in [1.165, 1.54) is 0 Å². The molecule has 0 amide bonds. The van der Waals surface area contributed by atoms with Crippen LogP contribution in [-0.4, -0.2) is 31.7 Å². The van der Waals surface area contributed by atoms with Crippen LogP contribution in [0, 0.1) is 6.92 Å². The number of hydrogen-bond donors (Lipinski definition) is 0. The summed E-state index contributed by atoms with van der Waals surface area (Å²) in [6.45, 7) is 3.42. The lowest BCUT2D eigenvalue weighted by molar-refractivity contribution is 0.225. The summed E-state index contributed by atoms with van der Waals surface area (Å²) in [7, 11) is 0. The van der Waals surface area contributed by atoms with E-state index in [9.17, 15) is 0 Å². The molecule has 1 saturated heterocycles. The minimum absolute atomic E-state index is 0.165. The molecule has 7 nitrogen and oxygen atoms in total. The second-order valence-corrected chi connectivity index (χ2v) is 6.07. The molecule has 2 aromatic heterocycles. The Morgan fingerprint density at radius 2 is 2.00 bits per heavy atom. The van der Waals surface area contributed by atoms with Crippen molar-refractivity contribution in [2.24, 2.45) is 0 Å². The smallest absolute Gasteiger partial charge is 0.231 e. The summed E-state index contributed by atoms with van der Waals surface area (Å²) >= 11 is 0. The molecule has 1 aromatic carbocycles. The summed E-state index contributed by atoms with van der Waals surface area (Å²) in [5, 5.41) is 8.18. The van der Waals surface area contributed by atoms with Crippen molar-refractivity contribution in [1.82, 2.24) is 25.2 Å².